The van der Waals surface area contributed by atoms with Gasteiger partial charge in [0.25, 0.3) is 0 Å². The fourth-order valence-electron chi connectivity index (χ4n) is 2.44. The summed E-state index contributed by atoms with van der Waals surface area (Å²) in [6, 6.07) is 17.3. The minimum atomic E-state index is -0.238. The highest BCUT2D eigenvalue weighted by Gasteiger charge is 2.06. The van der Waals surface area contributed by atoms with Gasteiger partial charge in [0.2, 0.25) is 0 Å². The van der Waals surface area contributed by atoms with Crippen LogP contribution in [0.1, 0.15) is 12.8 Å². The molecular formula is C19H21N3O2. The number of carbonyl (C=O) groups is 1. The Labute approximate surface area is 141 Å². The molecule has 0 spiro atoms. The number of ether oxygens (including phenoxy) is 1. The van der Waals surface area contributed by atoms with Crippen molar-refractivity contribution in [1.82, 2.24) is 5.32 Å². The van der Waals surface area contributed by atoms with Crippen LogP contribution in [0, 0.1) is 0 Å². The molecule has 0 atom stereocenters. The molecule has 0 bridgehead atoms. The normalized spacial score (nSPS) is 13.9. The lowest BCUT2D eigenvalue weighted by molar-refractivity contribution is 0.119. The number of carbonyl (C=O) groups excluding carboxylic acids is 1. The van der Waals surface area contributed by atoms with E-state index in [9.17, 15) is 4.79 Å². The summed E-state index contributed by atoms with van der Waals surface area (Å²) in [5.41, 5.74) is 3.95. The first kappa shape index (κ1) is 16.1. The second kappa shape index (κ2) is 8.17. The van der Waals surface area contributed by atoms with Crippen LogP contribution in [0.5, 0.6) is 0 Å². The molecule has 3 rings (SSSR count). The van der Waals surface area contributed by atoms with Gasteiger partial charge in [0.15, 0.2) is 0 Å². The number of hydrogen-bond acceptors (Lipinski definition) is 3. The van der Waals surface area contributed by atoms with Gasteiger partial charge in [0.1, 0.15) is 0 Å². The van der Waals surface area contributed by atoms with E-state index in [-0.39, 0.29) is 6.03 Å². The number of para-hydroxylation sites is 1. The molecule has 1 aliphatic heterocycles. The Morgan fingerprint density at radius 2 is 1.50 bits per heavy atom. The second-order valence-electron chi connectivity index (χ2n) is 5.58. The van der Waals surface area contributed by atoms with Gasteiger partial charge in [-0.1, -0.05) is 18.2 Å². The van der Waals surface area contributed by atoms with Gasteiger partial charge in [-0.05, 0) is 54.8 Å². The molecular weight excluding hydrogens is 302 g/mol. The van der Waals surface area contributed by atoms with Gasteiger partial charge in [0, 0.05) is 23.3 Å². The predicted molar refractivity (Wildman–Crippen MR) is 96.5 cm³/mol. The third kappa shape index (κ3) is 4.86. The van der Waals surface area contributed by atoms with Crippen LogP contribution < -0.4 is 16.0 Å². The Hall–Kier alpha value is -2.79. The van der Waals surface area contributed by atoms with Crippen molar-refractivity contribution in [2.45, 2.75) is 12.8 Å². The van der Waals surface area contributed by atoms with Gasteiger partial charge in [-0.3, -0.25) is 0 Å². The van der Waals surface area contributed by atoms with Crippen LogP contribution in [0.15, 0.2) is 66.4 Å². The Balaban J connectivity index is 1.51. The summed E-state index contributed by atoms with van der Waals surface area (Å²) < 4.78 is 5.28. The molecule has 0 saturated carbocycles. The number of amides is 2. The Kier molecular flexibility index (Phi) is 5.48. The lowest BCUT2D eigenvalue weighted by atomic mass is 10.1. The monoisotopic (exact) mass is 323 g/mol. The van der Waals surface area contributed by atoms with Crippen molar-refractivity contribution in [2.75, 3.05) is 23.8 Å². The number of benzene rings is 2. The smallest absolute Gasteiger partial charge is 0.323 e. The summed E-state index contributed by atoms with van der Waals surface area (Å²) in [5.74, 6) is 0. The minimum absolute atomic E-state index is 0.238. The molecule has 1 saturated heterocycles. The second-order valence-corrected chi connectivity index (χ2v) is 5.58. The van der Waals surface area contributed by atoms with Crippen molar-refractivity contribution in [3.05, 3.63) is 66.4 Å². The molecule has 2 aromatic rings. The summed E-state index contributed by atoms with van der Waals surface area (Å²) in [4.78, 5) is 11.9. The lowest BCUT2D eigenvalue weighted by Gasteiger charge is -2.14. The summed E-state index contributed by atoms with van der Waals surface area (Å²) in [7, 11) is 0. The molecule has 2 amide bonds. The van der Waals surface area contributed by atoms with Gasteiger partial charge < -0.3 is 20.7 Å². The van der Waals surface area contributed by atoms with Crippen LogP contribution in [0.25, 0.3) is 0 Å². The molecule has 3 N–H and O–H groups in total. The maximum atomic E-state index is 11.9. The van der Waals surface area contributed by atoms with E-state index in [1.165, 1.54) is 5.57 Å². The van der Waals surface area contributed by atoms with Crippen LogP contribution in [-0.2, 0) is 4.74 Å². The van der Waals surface area contributed by atoms with Crippen molar-refractivity contribution in [1.29, 1.82) is 0 Å². The number of anilines is 3. The van der Waals surface area contributed by atoms with Gasteiger partial charge in [-0.2, -0.15) is 0 Å². The zero-order valence-electron chi connectivity index (χ0n) is 13.4. The molecule has 2 aromatic carbocycles. The predicted octanol–water partition coefficient (Wildman–Crippen LogP) is 4.25. The van der Waals surface area contributed by atoms with E-state index in [0.29, 0.717) is 0 Å². The van der Waals surface area contributed by atoms with Crippen molar-refractivity contribution >= 4 is 23.1 Å². The zero-order valence-corrected chi connectivity index (χ0v) is 13.4. The molecule has 1 aliphatic rings. The molecule has 0 aromatic heterocycles. The third-order valence-electron chi connectivity index (χ3n) is 3.75. The standard InChI is InChI=1S/C19H21N3O2/c23-19(20-14-15-10-12-24-13-11-15)22-18-8-6-17(7-9-18)21-16-4-2-1-3-5-16/h1-9,14,21H,10-13H2,(H2,20,22,23). The first-order valence-electron chi connectivity index (χ1n) is 8.05. The maximum Gasteiger partial charge on any atom is 0.323 e. The SMILES string of the molecule is O=C(NC=C1CCOCC1)Nc1ccc(Nc2ccccc2)cc1. The molecule has 0 unspecified atom stereocenters. The van der Waals surface area contributed by atoms with E-state index >= 15 is 0 Å². The van der Waals surface area contributed by atoms with Crippen LogP contribution >= 0.6 is 0 Å². The largest absolute Gasteiger partial charge is 0.381 e. The Bertz CT molecular complexity index is 688. The number of hydrogen-bond donors (Lipinski definition) is 3. The quantitative estimate of drug-likeness (QED) is 0.788. The highest BCUT2D eigenvalue weighted by Crippen LogP contribution is 2.18. The summed E-state index contributed by atoms with van der Waals surface area (Å²) in [5, 5.41) is 8.89. The number of rotatable bonds is 4. The van der Waals surface area contributed by atoms with Crippen molar-refractivity contribution in [2.24, 2.45) is 0 Å². The fourth-order valence-corrected chi connectivity index (χ4v) is 2.44. The van der Waals surface area contributed by atoms with Crippen molar-refractivity contribution in [3.8, 4) is 0 Å². The van der Waals surface area contributed by atoms with Crippen LogP contribution in [0.3, 0.4) is 0 Å². The van der Waals surface area contributed by atoms with E-state index in [2.05, 4.69) is 16.0 Å². The van der Waals surface area contributed by atoms with E-state index in [1.807, 2.05) is 54.6 Å². The third-order valence-corrected chi connectivity index (χ3v) is 3.75. The van der Waals surface area contributed by atoms with Crippen molar-refractivity contribution < 1.29 is 9.53 Å². The number of urea groups is 1. The molecule has 1 heterocycles. The van der Waals surface area contributed by atoms with E-state index < -0.39 is 0 Å². The fraction of sp³-hybridized carbons (Fsp3) is 0.211. The van der Waals surface area contributed by atoms with Gasteiger partial charge in [0.05, 0.1) is 13.2 Å². The Morgan fingerprint density at radius 3 is 2.21 bits per heavy atom. The highest BCUT2D eigenvalue weighted by molar-refractivity contribution is 5.90. The molecule has 5 heteroatoms. The Morgan fingerprint density at radius 1 is 0.875 bits per heavy atom. The minimum Gasteiger partial charge on any atom is -0.381 e. The average molecular weight is 323 g/mol. The molecule has 1 fully saturated rings. The average Bonchev–Trinajstić information content (AvgIpc) is 2.63. The maximum absolute atomic E-state index is 11.9. The summed E-state index contributed by atoms with van der Waals surface area (Å²) >= 11 is 0. The van der Waals surface area contributed by atoms with Gasteiger partial charge in [-0.15, -0.1) is 0 Å². The lowest BCUT2D eigenvalue weighted by Crippen LogP contribution is -2.25. The first-order chi connectivity index (χ1) is 11.8. The van der Waals surface area contributed by atoms with Crippen molar-refractivity contribution in [3.63, 3.8) is 0 Å². The topological polar surface area (TPSA) is 62.4 Å². The molecule has 124 valence electrons. The summed E-state index contributed by atoms with van der Waals surface area (Å²) in [6.07, 6.45) is 3.53. The van der Waals surface area contributed by atoms with E-state index in [1.54, 1.807) is 6.20 Å². The zero-order chi connectivity index (χ0) is 16.6. The van der Waals surface area contributed by atoms with E-state index in [0.717, 1.165) is 43.1 Å². The van der Waals surface area contributed by atoms with Crippen LogP contribution in [-0.4, -0.2) is 19.2 Å². The first-order valence-corrected chi connectivity index (χ1v) is 8.05. The molecule has 24 heavy (non-hydrogen) atoms. The van der Waals surface area contributed by atoms with Crippen LogP contribution in [0.2, 0.25) is 0 Å². The number of nitrogens with one attached hydrogen (secondary N) is 3. The molecule has 5 nitrogen and oxygen atoms in total. The molecule has 0 aliphatic carbocycles. The summed E-state index contributed by atoms with van der Waals surface area (Å²) in [6.45, 7) is 1.45. The highest BCUT2D eigenvalue weighted by atomic mass is 16.5. The van der Waals surface area contributed by atoms with Gasteiger partial charge >= 0.3 is 6.03 Å². The van der Waals surface area contributed by atoms with E-state index in [4.69, 9.17) is 4.74 Å². The van der Waals surface area contributed by atoms with Gasteiger partial charge in [-0.25, -0.2) is 4.79 Å². The van der Waals surface area contributed by atoms with Crippen LogP contribution in [0.4, 0.5) is 21.9 Å². The molecule has 0 radical (unpaired) electrons.